The zero-order chi connectivity index (χ0) is 19.1. The molecule has 2 unspecified atom stereocenters. The molecule has 1 aromatic carbocycles. The zero-order valence-electron chi connectivity index (χ0n) is 16.2. The number of benzene rings is 1. The van der Waals surface area contributed by atoms with Crippen LogP contribution < -0.4 is 5.32 Å². The molecule has 4 nitrogen and oxygen atoms in total. The number of nitrogens with one attached hydrogen (secondary N) is 1. The lowest BCUT2D eigenvalue weighted by atomic mass is 9.91. The number of rotatable bonds is 7. The molecule has 3 rings (SSSR count). The van der Waals surface area contributed by atoms with Gasteiger partial charge in [0.05, 0.1) is 5.75 Å². The smallest absolute Gasteiger partial charge is 0.230 e. The summed E-state index contributed by atoms with van der Waals surface area (Å²) in [5, 5.41) is 3.07. The van der Waals surface area contributed by atoms with E-state index in [9.17, 15) is 4.79 Å². The van der Waals surface area contributed by atoms with Gasteiger partial charge in [-0.15, -0.1) is 11.8 Å². The van der Waals surface area contributed by atoms with E-state index in [1.807, 2.05) is 12.1 Å². The van der Waals surface area contributed by atoms with Gasteiger partial charge in [-0.2, -0.15) is 0 Å². The lowest BCUT2D eigenvalue weighted by Gasteiger charge is -2.35. The van der Waals surface area contributed by atoms with E-state index in [2.05, 4.69) is 53.3 Å². The summed E-state index contributed by atoms with van der Waals surface area (Å²) in [5.74, 6) is 2.00. The normalized spacial score (nSPS) is 20.4. The van der Waals surface area contributed by atoms with E-state index in [0.29, 0.717) is 12.3 Å². The number of carbonyl (C=O) groups is 1. The van der Waals surface area contributed by atoms with Gasteiger partial charge in [0.15, 0.2) is 0 Å². The van der Waals surface area contributed by atoms with Gasteiger partial charge < -0.3 is 5.32 Å². The summed E-state index contributed by atoms with van der Waals surface area (Å²) in [7, 11) is 0. The summed E-state index contributed by atoms with van der Waals surface area (Å²) in [6.07, 6.45) is 4.82. The maximum atomic E-state index is 12.2. The number of thioether (sulfide) groups is 1. The second-order valence-corrected chi connectivity index (χ2v) is 8.71. The van der Waals surface area contributed by atoms with Crippen molar-refractivity contribution in [3.05, 3.63) is 59.9 Å². The molecule has 0 bridgehead atoms. The first-order valence-corrected chi connectivity index (χ1v) is 10.7. The Morgan fingerprint density at radius 2 is 1.78 bits per heavy atom. The molecule has 1 aromatic heterocycles. The Balaban J connectivity index is 1.52. The highest BCUT2D eigenvalue weighted by molar-refractivity contribution is 8.00. The van der Waals surface area contributed by atoms with Gasteiger partial charge in [-0.1, -0.05) is 38.1 Å². The van der Waals surface area contributed by atoms with Gasteiger partial charge in [-0.25, -0.2) is 0 Å². The van der Waals surface area contributed by atoms with Crippen LogP contribution in [0.5, 0.6) is 0 Å². The highest BCUT2D eigenvalue weighted by Gasteiger charge is 2.22. The molecule has 1 saturated heterocycles. The van der Waals surface area contributed by atoms with Crippen molar-refractivity contribution < 1.29 is 4.79 Å². The maximum Gasteiger partial charge on any atom is 0.230 e. The molecule has 2 aromatic rings. The number of carbonyl (C=O) groups excluding carboxylic acids is 1. The quantitative estimate of drug-likeness (QED) is 0.735. The summed E-state index contributed by atoms with van der Waals surface area (Å²) in [5.41, 5.74) is 2.53. The molecule has 1 amide bonds. The van der Waals surface area contributed by atoms with E-state index in [1.54, 1.807) is 12.4 Å². The molecule has 1 N–H and O–H groups in total. The van der Waals surface area contributed by atoms with Crippen molar-refractivity contribution in [1.82, 2.24) is 15.2 Å². The van der Waals surface area contributed by atoms with Crippen molar-refractivity contribution in [3.8, 4) is 0 Å². The second-order valence-electron chi connectivity index (χ2n) is 7.66. The minimum absolute atomic E-state index is 0.0619. The number of piperidine rings is 1. The Morgan fingerprint density at radius 1 is 1.11 bits per heavy atom. The number of hydrogen-bond acceptors (Lipinski definition) is 4. The van der Waals surface area contributed by atoms with Crippen LogP contribution in [0.3, 0.4) is 0 Å². The molecule has 0 spiro atoms. The minimum Gasteiger partial charge on any atom is -0.351 e. The Kier molecular flexibility index (Phi) is 7.30. The third-order valence-corrected chi connectivity index (χ3v) is 5.96. The SMILES string of the molecule is CC1CC(C)CN(Cc2ccccc2CNC(=O)CSc2ccncc2)C1. The average Bonchev–Trinajstić information content (AvgIpc) is 2.66. The first-order valence-electron chi connectivity index (χ1n) is 9.69. The second kappa shape index (κ2) is 9.90. The average molecular weight is 384 g/mol. The predicted octanol–water partition coefficient (Wildman–Crippen LogP) is 3.97. The number of aromatic nitrogens is 1. The molecule has 144 valence electrons. The van der Waals surface area contributed by atoms with Gasteiger partial charge >= 0.3 is 0 Å². The van der Waals surface area contributed by atoms with Crippen LogP contribution in [0.15, 0.2) is 53.7 Å². The number of amides is 1. The van der Waals surface area contributed by atoms with Gasteiger partial charge in [0.1, 0.15) is 0 Å². The van der Waals surface area contributed by atoms with Crippen LogP contribution in [-0.2, 0) is 17.9 Å². The highest BCUT2D eigenvalue weighted by Crippen LogP contribution is 2.23. The van der Waals surface area contributed by atoms with E-state index in [0.717, 1.165) is 36.4 Å². The molecular formula is C22H29N3OS. The fourth-order valence-corrected chi connectivity index (χ4v) is 4.59. The molecular weight excluding hydrogens is 354 g/mol. The molecule has 1 aliphatic heterocycles. The first kappa shape index (κ1) is 19.9. The van der Waals surface area contributed by atoms with Crippen LogP contribution in [0.1, 0.15) is 31.4 Å². The van der Waals surface area contributed by atoms with Crippen LogP contribution in [-0.4, -0.2) is 34.6 Å². The molecule has 0 aliphatic carbocycles. The Bertz CT molecular complexity index is 727. The van der Waals surface area contributed by atoms with E-state index in [-0.39, 0.29) is 5.91 Å². The van der Waals surface area contributed by atoms with Gasteiger partial charge in [-0.3, -0.25) is 14.7 Å². The van der Waals surface area contributed by atoms with Crippen LogP contribution in [0.25, 0.3) is 0 Å². The van der Waals surface area contributed by atoms with Gasteiger partial charge in [-0.05, 0) is 41.5 Å². The van der Waals surface area contributed by atoms with Crippen LogP contribution in [0, 0.1) is 11.8 Å². The molecule has 27 heavy (non-hydrogen) atoms. The summed E-state index contributed by atoms with van der Waals surface area (Å²) in [6.45, 7) is 8.56. The minimum atomic E-state index is 0.0619. The van der Waals surface area contributed by atoms with E-state index in [4.69, 9.17) is 0 Å². The standard InChI is InChI=1S/C22H29N3OS/c1-17-11-18(2)14-25(13-17)15-20-6-4-3-5-19(20)12-24-22(26)16-27-21-7-9-23-10-8-21/h3-10,17-18H,11-16H2,1-2H3,(H,24,26). The van der Waals surface area contributed by atoms with Crippen LogP contribution in [0.4, 0.5) is 0 Å². The first-order chi connectivity index (χ1) is 13.1. The fraction of sp³-hybridized carbons (Fsp3) is 0.455. The number of nitrogens with zero attached hydrogens (tertiary/aromatic N) is 2. The molecule has 0 saturated carbocycles. The van der Waals surface area contributed by atoms with Crippen molar-refractivity contribution in [2.45, 2.75) is 38.3 Å². The monoisotopic (exact) mass is 383 g/mol. The van der Waals surface area contributed by atoms with E-state index >= 15 is 0 Å². The van der Waals surface area contributed by atoms with Crippen molar-refractivity contribution >= 4 is 17.7 Å². The third kappa shape index (κ3) is 6.36. The lowest BCUT2D eigenvalue weighted by molar-refractivity contribution is -0.118. The molecule has 1 fully saturated rings. The Morgan fingerprint density at radius 3 is 2.48 bits per heavy atom. The van der Waals surface area contributed by atoms with Crippen LogP contribution in [0.2, 0.25) is 0 Å². The van der Waals surface area contributed by atoms with Crippen molar-refractivity contribution in [2.24, 2.45) is 11.8 Å². The summed E-state index contributed by atoms with van der Waals surface area (Å²) in [4.78, 5) is 19.8. The molecule has 1 aliphatic rings. The van der Waals surface area contributed by atoms with Gasteiger partial charge in [0, 0.05) is 43.5 Å². The maximum absolute atomic E-state index is 12.2. The summed E-state index contributed by atoms with van der Waals surface area (Å²) < 4.78 is 0. The molecule has 5 heteroatoms. The van der Waals surface area contributed by atoms with Crippen LogP contribution >= 0.6 is 11.8 Å². The molecule has 2 heterocycles. The highest BCUT2D eigenvalue weighted by atomic mass is 32.2. The Labute approximate surface area is 166 Å². The van der Waals surface area contributed by atoms with E-state index in [1.165, 1.54) is 29.3 Å². The summed E-state index contributed by atoms with van der Waals surface area (Å²) in [6, 6.07) is 12.3. The summed E-state index contributed by atoms with van der Waals surface area (Å²) >= 11 is 1.54. The zero-order valence-corrected chi connectivity index (χ0v) is 17.0. The van der Waals surface area contributed by atoms with Gasteiger partial charge in [0.25, 0.3) is 0 Å². The number of pyridine rings is 1. The van der Waals surface area contributed by atoms with E-state index < -0.39 is 0 Å². The molecule has 0 radical (unpaired) electrons. The lowest BCUT2D eigenvalue weighted by Crippen LogP contribution is -2.38. The van der Waals surface area contributed by atoms with Gasteiger partial charge in [0.2, 0.25) is 5.91 Å². The predicted molar refractivity (Wildman–Crippen MR) is 111 cm³/mol. The number of likely N-dealkylation sites (tertiary alicyclic amines) is 1. The topological polar surface area (TPSA) is 45.2 Å². The fourth-order valence-electron chi connectivity index (χ4n) is 3.87. The largest absolute Gasteiger partial charge is 0.351 e. The molecule has 2 atom stereocenters. The van der Waals surface area contributed by atoms with Crippen molar-refractivity contribution in [1.29, 1.82) is 0 Å². The third-order valence-electron chi connectivity index (χ3n) is 4.95. The van der Waals surface area contributed by atoms with Crippen molar-refractivity contribution in [3.63, 3.8) is 0 Å². The van der Waals surface area contributed by atoms with Crippen molar-refractivity contribution in [2.75, 3.05) is 18.8 Å². The Hall–Kier alpha value is -1.85. The number of hydrogen-bond donors (Lipinski definition) is 1.